The fourth-order valence-corrected chi connectivity index (χ4v) is 5.26. The van der Waals surface area contributed by atoms with Gasteiger partial charge in [0, 0.05) is 60.6 Å². The monoisotopic (exact) mass is 611 g/mol. The Hall–Kier alpha value is -5.74. The van der Waals surface area contributed by atoms with E-state index in [0.717, 1.165) is 39.2 Å². The molecule has 1 aliphatic heterocycles. The summed E-state index contributed by atoms with van der Waals surface area (Å²) in [5.41, 5.74) is 7.67. The van der Waals surface area contributed by atoms with Crippen molar-refractivity contribution >= 4 is 35.0 Å². The molecule has 0 radical (unpaired) electrons. The summed E-state index contributed by atoms with van der Waals surface area (Å²) in [5, 5.41) is 12.1. The Morgan fingerprint density at radius 2 is 1.67 bits per heavy atom. The predicted molar refractivity (Wildman–Crippen MR) is 176 cm³/mol. The number of nitrogens with zero attached hydrogens (tertiary/aromatic N) is 3. The third kappa shape index (κ3) is 7.48. The third-order valence-electron chi connectivity index (χ3n) is 7.85. The molecule has 0 saturated carbocycles. The second kappa shape index (κ2) is 13.9. The summed E-state index contributed by atoms with van der Waals surface area (Å²) in [6, 6.07) is 26.7. The van der Waals surface area contributed by atoms with Crippen LogP contribution in [0.15, 0.2) is 104 Å². The van der Waals surface area contributed by atoms with Gasteiger partial charge in [0.2, 0.25) is 17.8 Å². The first kappa shape index (κ1) is 30.3. The minimum absolute atomic E-state index is 0.208. The number of nitrogens with one attached hydrogen (secondary N) is 4. The number of anilines is 3. The number of benzene rings is 3. The second-order valence-corrected chi connectivity index (χ2v) is 11.2. The quantitative estimate of drug-likeness (QED) is 0.149. The highest BCUT2D eigenvalue weighted by Crippen LogP contribution is 2.26. The van der Waals surface area contributed by atoms with Gasteiger partial charge in [-0.2, -0.15) is 0 Å². The van der Waals surface area contributed by atoms with Crippen LogP contribution in [0.5, 0.6) is 0 Å². The summed E-state index contributed by atoms with van der Waals surface area (Å²) in [7, 11) is 0. The SMILES string of the molecule is Cc1ccc(NC(=O)c2ccc(CNCc3ccc(C4CCC(=O)NC4=O)cc3)cc2)cc1Nc1nccc(-c2cccnc2)n1. The zero-order chi connectivity index (χ0) is 31.9. The summed E-state index contributed by atoms with van der Waals surface area (Å²) in [4.78, 5) is 49.7. The lowest BCUT2D eigenvalue weighted by Crippen LogP contribution is -2.39. The van der Waals surface area contributed by atoms with Crippen LogP contribution >= 0.6 is 0 Å². The molecule has 0 spiro atoms. The third-order valence-corrected chi connectivity index (χ3v) is 7.85. The number of carbonyl (C=O) groups is 3. The lowest BCUT2D eigenvalue weighted by atomic mass is 9.90. The number of aryl methyl sites for hydroxylation is 1. The van der Waals surface area contributed by atoms with Gasteiger partial charge in [-0.15, -0.1) is 0 Å². The molecule has 1 aliphatic rings. The van der Waals surface area contributed by atoms with Crippen LogP contribution in [0.2, 0.25) is 0 Å². The van der Waals surface area contributed by atoms with E-state index in [-0.39, 0.29) is 23.6 Å². The molecule has 46 heavy (non-hydrogen) atoms. The van der Waals surface area contributed by atoms with Crippen LogP contribution in [-0.4, -0.2) is 32.7 Å². The van der Waals surface area contributed by atoms with Gasteiger partial charge in [0.15, 0.2) is 0 Å². The van der Waals surface area contributed by atoms with E-state index in [4.69, 9.17) is 0 Å². The summed E-state index contributed by atoms with van der Waals surface area (Å²) in [6.45, 7) is 3.26. The van der Waals surface area contributed by atoms with Crippen LogP contribution in [0.25, 0.3) is 11.3 Å². The molecule has 3 heterocycles. The first-order chi connectivity index (χ1) is 22.4. The summed E-state index contributed by atoms with van der Waals surface area (Å²) >= 11 is 0. The van der Waals surface area contributed by atoms with Crippen LogP contribution in [0.3, 0.4) is 0 Å². The molecule has 1 atom stereocenters. The van der Waals surface area contributed by atoms with Crippen molar-refractivity contribution in [1.29, 1.82) is 0 Å². The van der Waals surface area contributed by atoms with E-state index in [1.807, 2.05) is 91.9 Å². The first-order valence-electron chi connectivity index (χ1n) is 15.1. The largest absolute Gasteiger partial charge is 0.324 e. The van der Waals surface area contributed by atoms with Crippen LogP contribution in [-0.2, 0) is 22.7 Å². The fourth-order valence-electron chi connectivity index (χ4n) is 5.26. The van der Waals surface area contributed by atoms with Crippen molar-refractivity contribution < 1.29 is 14.4 Å². The fraction of sp³-hybridized carbons (Fsp3) is 0.167. The molecule has 6 rings (SSSR count). The van der Waals surface area contributed by atoms with Crippen molar-refractivity contribution in [2.24, 2.45) is 0 Å². The first-order valence-corrected chi connectivity index (χ1v) is 15.1. The lowest BCUT2D eigenvalue weighted by molar-refractivity contribution is -0.134. The summed E-state index contributed by atoms with van der Waals surface area (Å²) in [6.07, 6.45) is 6.07. The number of rotatable bonds is 10. The maximum absolute atomic E-state index is 13.0. The van der Waals surface area contributed by atoms with Gasteiger partial charge in [0.25, 0.3) is 5.91 Å². The highest BCUT2D eigenvalue weighted by Gasteiger charge is 2.27. The molecule has 3 amide bonds. The Balaban J connectivity index is 1.01. The van der Waals surface area contributed by atoms with Gasteiger partial charge in [0.1, 0.15) is 0 Å². The maximum Gasteiger partial charge on any atom is 0.255 e. The van der Waals surface area contributed by atoms with Gasteiger partial charge in [-0.25, -0.2) is 9.97 Å². The molecule has 2 aromatic heterocycles. The number of hydrogen-bond acceptors (Lipinski definition) is 8. The average molecular weight is 612 g/mol. The number of carbonyl (C=O) groups excluding carboxylic acids is 3. The second-order valence-electron chi connectivity index (χ2n) is 11.2. The molecule has 3 aromatic carbocycles. The molecule has 1 saturated heterocycles. The lowest BCUT2D eigenvalue weighted by Gasteiger charge is -2.21. The van der Waals surface area contributed by atoms with E-state index in [1.165, 1.54) is 0 Å². The normalized spacial score (nSPS) is 14.4. The number of hydrogen-bond donors (Lipinski definition) is 4. The molecule has 0 aliphatic carbocycles. The Morgan fingerprint density at radius 1 is 0.913 bits per heavy atom. The molecule has 0 bridgehead atoms. The highest BCUT2D eigenvalue weighted by atomic mass is 16.2. The van der Waals surface area contributed by atoms with Gasteiger partial charge >= 0.3 is 0 Å². The van der Waals surface area contributed by atoms with Crippen molar-refractivity contribution in [3.05, 3.63) is 131 Å². The number of imide groups is 1. The van der Waals surface area contributed by atoms with Crippen LogP contribution in [0.1, 0.15) is 51.4 Å². The van der Waals surface area contributed by atoms with E-state index in [2.05, 4.69) is 36.2 Å². The molecule has 10 heteroatoms. The maximum atomic E-state index is 13.0. The van der Waals surface area contributed by atoms with Crippen molar-refractivity contribution in [3.63, 3.8) is 0 Å². The molecule has 4 N–H and O–H groups in total. The van der Waals surface area contributed by atoms with E-state index in [9.17, 15) is 14.4 Å². The molecule has 5 aromatic rings. The van der Waals surface area contributed by atoms with Crippen LogP contribution < -0.4 is 21.3 Å². The topological polar surface area (TPSA) is 138 Å². The van der Waals surface area contributed by atoms with Crippen molar-refractivity contribution in [2.75, 3.05) is 10.6 Å². The van der Waals surface area contributed by atoms with Gasteiger partial charge in [-0.05, 0) is 78.1 Å². The van der Waals surface area contributed by atoms with Crippen LogP contribution in [0, 0.1) is 6.92 Å². The zero-order valence-electron chi connectivity index (χ0n) is 25.3. The molecule has 1 unspecified atom stereocenters. The predicted octanol–water partition coefficient (Wildman–Crippen LogP) is 5.65. The smallest absolute Gasteiger partial charge is 0.255 e. The number of pyridine rings is 1. The van der Waals surface area contributed by atoms with Gasteiger partial charge in [-0.3, -0.25) is 24.7 Å². The van der Waals surface area contributed by atoms with Crippen molar-refractivity contribution in [3.8, 4) is 11.3 Å². The van der Waals surface area contributed by atoms with Gasteiger partial charge in [-0.1, -0.05) is 42.5 Å². The van der Waals surface area contributed by atoms with E-state index in [1.54, 1.807) is 18.6 Å². The molecule has 1 fully saturated rings. The minimum Gasteiger partial charge on any atom is -0.324 e. The van der Waals surface area contributed by atoms with E-state index >= 15 is 0 Å². The molecular formula is C36H33N7O3. The van der Waals surface area contributed by atoms with Crippen molar-refractivity contribution in [1.82, 2.24) is 25.6 Å². The van der Waals surface area contributed by atoms with Crippen molar-refractivity contribution in [2.45, 2.75) is 38.8 Å². The Bertz CT molecular complexity index is 1860. The van der Waals surface area contributed by atoms with Gasteiger partial charge < -0.3 is 16.0 Å². The van der Waals surface area contributed by atoms with Crippen LogP contribution in [0.4, 0.5) is 17.3 Å². The summed E-state index contributed by atoms with van der Waals surface area (Å²) in [5.74, 6) is -0.480. The molecular weight excluding hydrogens is 578 g/mol. The van der Waals surface area contributed by atoms with Gasteiger partial charge in [0.05, 0.1) is 11.6 Å². The average Bonchev–Trinajstić information content (AvgIpc) is 3.07. The number of piperidine rings is 1. The minimum atomic E-state index is -0.282. The molecule has 10 nitrogen and oxygen atoms in total. The highest BCUT2D eigenvalue weighted by molar-refractivity contribution is 6.04. The number of amides is 3. The Labute approximate surface area is 266 Å². The van der Waals surface area contributed by atoms with E-state index < -0.39 is 0 Å². The summed E-state index contributed by atoms with van der Waals surface area (Å²) < 4.78 is 0. The zero-order valence-corrected chi connectivity index (χ0v) is 25.3. The van der Waals surface area contributed by atoms with E-state index in [0.29, 0.717) is 43.1 Å². The Kier molecular flexibility index (Phi) is 9.17. The standard InChI is InChI=1S/C36H33N7O3/c1-23-4-13-29(19-32(23)42-36-39-18-16-31(41-36)28-3-2-17-37-22-28)40-34(45)27-11-7-25(8-12-27)21-38-20-24-5-9-26(10-6-24)30-14-15-33(44)43-35(30)46/h2-13,16-19,22,30,38H,14-15,20-21H2,1H3,(H,40,45)(H,39,41,42)(H,43,44,46). The Morgan fingerprint density at radius 3 is 2.39 bits per heavy atom. The molecule has 230 valence electrons. The number of aromatic nitrogens is 3.